The van der Waals surface area contributed by atoms with Crippen LogP contribution in [0.4, 0.5) is 8.78 Å². The van der Waals surface area contributed by atoms with Gasteiger partial charge in [-0.2, -0.15) is 0 Å². The van der Waals surface area contributed by atoms with Crippen molar-refractivity contribution >= 4 is 0 Å². The Hall–Kier alpha value is -0.920. The zero-order chi connectivity index (χ0) is 13.8. The van der Waals surface area contributed by atoms with Crippen molar-refractivity contribution in [3.8, 4) is 0 Å². The number of alkyl halides is 2. The van der Waals surface area contributed by atoms with Gasteiger partial charge in [0.05, 0.1) is 0 Å². The lowest BCUT2D eigenvalue weighted by Crippen LogP contribution is -1.88. The first-order valence-electron chi connectivity index (χ1n) is 6.40. The van der Waals surface area contributed by atoms with Crippen LogP contribution < -0.4 is 0 Å². The van der Waals surface area contributed by atoms with E-state index in [4.69, 9.17) is 0 Å². The van der Waals surface area contributed by atoms with Crippen LogP contribution in [0, 0.1) is 0 Å². The van der Waals surface area contributed by atoms with E-state index >= 15 is 0 Å². The molecule has 1 aromatic carbocycles. The van der Waals surface area contributed by atoms with Crippen LogP contribution in [-0.4, -0.2) is 0 Å². The Balaban J connectivity index is 0. The van der Waals surface area contributed by atoms with Crippen LogP contribution in [0.25, 0.3) is 0 Å². The molecule has 0 saturated heterocycles. The van der Waals surface area contributed by atoms with Crippen molar-refractivity contribution in [2.45, 2.75) is 60.3 Å². The van der Waals surface area contributed by atoms with Crippen LogP contribution in [0.2, 0.25) is 0 Å². The Morgan fingerprint density at radius 3 is 1.41 bits per heavy atom. The fourth-order valence-corrected chi connectivity index (χ4v) is 1.03. The van der Waals surface area contributed by atoms with Crippen molar-refractivity contribution in [3.63, 3.8) is 0 Å². The number of hydrogen-bond acceptors (Lipinski definition) is 0. The van der Waals surface area contributed by atoms with E-state index in [-0.39, 0.29) is 5.56 Å². The lowest BCUT2D eigenvalue weighted by molar-refractivity contribution is 0.151. The summed E-state index contributed by atoms with van der Waals surface area (Å²) in [6.45, 7) is 12.3. The smallest absolute Gasteiger partial charge is 0.205 e. The van der Waals surface area contributed by atoms with Crippen LogP contribution in [0.1, 0.15) is 71.4 Å². The zero-order valence-electron chi connectivity index (χ0n) is 11.9. The van der Waals surface area contributed by atoms with E-state index < -0.39 is 6.43 Å². The average molecular weight is 244 g/mol. The third kappa shape index (κ3) is 8.84. The molecule has 1 aromatic rings. The highest BCUT2D eigenvalue weighted by atomic mass is 19.3. The minimum atomic E-state index is -2.36. The number of benzene rings is 1. The standard InChI is InChI=1S/C10H12F2.C3H8.C2H6/c1-7(2)8-3-5-9(6-4-8)10(11)12;1-3-2;1-2/h3-7,10H,1-2H3;3H2,1-2H3;1-2H3. The molecular weight excluding hydrogens is 218 g/mol. The number of hydrogen-bond donors (Lipinski definition) is 0. The molecule has 0 bridgehead atoms. The quantitative estimate of drug-likeness (QED) is 0.582. The maximum atomic E-state index is 12.1. The van der Waals surface area contributed by atoms with Gasteiger partial charge in [-0.25, -0.2) is 8.78 Å². The van der Waals surface area contributed by atoms with E-state index in [1.54, 1.807) is 12.1 Å². The van der Waals surface area contributed by atoms with Crippen LogP contribution in [0.3, 0.4) is 0 Å². The van der Waals surface area contributed by atoms with Gasteiger partial charge in [0.25, 0.3) is 6.43 Å². The molecule has 0 unspecified atom stereocenters. The summed E-state index contributed by atoms with van der Waals surface area (Å²) in [6, 6.07) is 6.48. The molecule has 0 aliphatic carbocycles. The molecule has 0 nitrogen and oxygen atoms in total. The Bertz CT molecular complexity index is 223. The van der Waals surface area contributed by atoms with Crippen molar-refractivity contribution in [1.82, 2.24) is 0 Å². The molecule has 0 aliphatic rings. The number of rotatable bonds is 2. The summed E-state index contributed by atoms with van der Waals surface area (Å²) in [5.41, 5.74) is 1.19. The fraction of sp³-hybridized carbons (Fsp3) is 0.600. The molecule has 0 N–H and O–H groups in total. The van der Waals surface area contributed by atoms with Gasteiger partial charge in [-0.3, -0.25) is 0 Å². The molecule has 0 amide bonds. The van der Waals surface area contributed by atoms with E-state index in [9.17, 15) is 8.78 Å². The summed E-state index contributed by atoms with van der Waals surface area (Å²) in [5, 5.41) is 0. The Labute approximate surface area is 105 Å². The lowest BCUT2D eigenvalue weighted by atomic mass is 10.0. The molecule has 0 heterocycles. The first kappa shape index (κ1) is 18.4. The van der Waals surface area contributed by atoms with Crippen molar-refractivity contribution in [2.24, 2.45) is 0 Å². The summed E-state index contributed by atoms with van der Waals surface area (Å²) in [4.78, 5) is 0. The lowest BCUT2D eigenvalue weighted by Gasteiger charge is -2.05. The van der Waals surface area contributed by atoms with Gasteiger partial charge in [-0.05, 0) is 11.5 Å². The summed E-state index contributed by atoms with van der Waals surface area (Å²) in [6.07, 6.45) is -1.11. The molecule has 1 rings (SSSR count). The first-order valence-corrected chi connectivity index (χ1v) is 6.40. The van der Waals surface area contributed by atoms with Crippen molar-refractivity contribution in [1.29, 1.82) is 0 Å². The van der Waals surface area contributed by atoms with Gasteiger partial charge in [-0.1, -0.05) is 72.2 Å². The molecule has 0 radical (unpaired) electrons. The molecule has 0 spiro atoms. The second-order valence-corrected chi connectivity index (χ2v) is 3.83. The Kier molecular flexibility index (Phi) is 12.5. The maximum Gasteiger partial charge on any atom is 0.263 e. The highest BCUT2D eigenvalue weighted by Crippen LogP contribution is 2.21. The van der Waals surface area contributed by atoms with Crippen LogP contribution in [-0.2, 0) is 0 Å². The maximum absolute atomic E-state index is 12.1. The van der Waals surface area contributed by atoms with Crippen LogP contribution in [0.15, 0.2) is 24.3 Å². The summed E-state index contributed by atoms with van der Waals surface area (Å²) in [7, 11) is 0. The van der Waals surface area contributed by atoms with Crippen molar-refractivity contribution in [2.75, 3.05) is 0 Å². The van der Waals surface area contributed by atoms with E-state index in [1.165, 1.54) is 18.6 Å². The second-order valence-electron chi connectivity index (χ2n) is 3.83. The third-order valence-corrected chi connectivity index (χ3v) is 1.86. The number of halogens is 2. The predicted octanol–water partition coefficient (Wildman–Crippen LogP) is 6.19. The molecule has 0 aromatic heterocycles. The van der Waals surface area contributed by atoms with E-state index in [1.807, 2.05) is 27.7 Å². The summed E-state index contributed by atoms with van der Waals surface area (Å²) >= 11 is 0. The minimum Gasteiger partial charge on any atom is -0.205 e. The van der Waals surface area contributed by atoms with Crippen LogP contribution >= 0.6 is 0 Å². The Morgan fingerprint density at radius 2 is 1.18 bits per heavy atom. The van der Waals surface area contributed by atoms with Gasteiger partial charge >= 0.3 is 0 Å². The third-order valence-electron chi connectivity index (χ3n) is 1.86. The molecule has 0 atom stereocenters. The second kappa shape index (κ2) is 11.6. The van der Waals surface area contributed by atoms with E-state index in [0.717, 1.165) is 5.56 Å². The normalized spacial score (nSPS) is 9.29. The van der Waals surface area contributed by atoms with E-state index in [0.29, 0.717) is 5.92 Å². The minimum absolute atomic E-state index is 0.0967. The van der Waals surface area contributed by atoms with Gasteiger partial charge in [-0.15, -0.1) is 0 Å². The molecule has 17 heavy (non-hydrogen) atoms. The van der Waals surface area contributed by atoms with Gasteiger partial charge in [0.15, 0.2) is 0 Å². The van der Waals surface area contributed by atoms with Gasteiger partial charge < -0.3 is 0 Å². The summed E-state index contributed by atoms with van der Waals surface area (Å²) < 4.78 is 24.2. The van der Waals surface area contributed by atoms with Crippen molar-refractivity contribution in [3.05, 3.63) is 35.4 Å². The molecule has 2 heteroatoms. The molecule has 0 saturated carbocycles. The first-order chi connectivity index (χ1) is 8.02. The topological polar surface area (TPSA) is 0 Å². The molecule has 0 fully saturated rings. The monoisotopic (exact) mass is 244 g/mol. The predicted molar refractivity (Wildman–Crippen MR) is 72.8 cm³/mol. The fourth-order valence-electron chi connectivity index (χ4n) is 1.03. The highest BCUT2D eigenvalue weighted by Gasteiger charge is 2.06. The molecule has 100 valence electrons. The van der Waals surface area contributed by atoms with Gasteiger partial charge in [0, 0.05) is 5.56 Å². The molecule has 0 aliphatic heterocycles. The van der Waals surface area contributed by atoms with E-state index in [2.05, 4.69) is 13.8 Å². The zero-order valence-corrected chi connectivity index (χ0v) is 11.9. The largest absolute Gasteiger partial charge is 0.263 e. The van der Waals surface area contributed by atoms with Crippen molar-refractivity contribution < 1.29 is 8.78 Å². The Morgan fingerprint density at radius 1 is 0.882 bits per heavy atom. The van der Waals surface area contributed by atoms with Gasteiger partial charge in [0.2, 0.25) is 0 Å². The highest BCUT2D eigenvalue weighted by molar-refractivity contribution is 5.25. The van der Waals surface area contributed by atoms with Crippen LogP contribution in [0.5, 0.6) is 0 Å². The molecular formula is C15H26F2. The summed E-state index contributed by atoms with van der Waals surface area (Å²) in [5.74, 6) is 0.400. The SMILES string of the molecule is CC.CC(C)c1ccc(C(F)F)cc1.CCC. The van der Waals surface area contributed by atoms with Gasteiger partial charge in [0.1, 0.15) is 0 Å². The average Bonchev–Trinajstić information content (AvgIpc) is 2.32.